The van der Waals surface area contributed by atoms with Gasteiger partial charge in [-0.15, -0.1) is 0 Å². The van der Waals surface area contributed by atoms with E-state index in [1.54, 1.807) is 0 Å². The molecule has 0 radical (unpaired) electrons. The van der Waals surface area contributed by atoms with E-state index in [9.17, 15) is 4.79 Å². The van der Waals surface area contributed by atoms with Crippen LogP contribution in [0.1, 0.15) is 43.7 Å². The third-order valence-corrected chi connectivity index (χ3v) is 3.91. The van der Waals surface area contributed by atoms with E-state index in [2.05, 4.69) is 45.0 Å². The van der Waals surface area contributed by atoms with E-state index < -0.39 is 0 Å². The fourth-order valence-corrected chi connectivity index (χ4v) is 2.69. The molecule has 0 N–H and O–H groups in total. The van der Waals surface area contributed by atoms with Crippen molar-refractivity contribution in [1.82, 2.24) is 0 Å². The molecule has 22 heavy (non-hydrogen) atoms. The van der Waals surface area contributed by atoms with Gasteiger partial charge >= 0.3 is 0 Å². The number of amides is 1. The molecule has 2 nitrogen and oxygen atoms in total. The minimum Gasteiger partial charge on any atom is -0.312 e. The van der Waals surface area contributed by atoms with E-state index >= 15 is 0 Å². The summed E-state index contributed by atoms with van der Waals surface area (Å²) in [5.74, 6) is 0.432. The summed E-state index contributed by atoms with van der Waals surface area (Å²) in [7, 11) is 0. The van der Waals surface area contributed by atoms with Gasteiger partial charge in [0, 0.05) is 18.7 Å². The van der Waals surface area contributed by atoms with Crippen molar-refractivity contribution in [2.45, 2.75) is 39.5 Å². The molecule has 0 aromatic heterocycles. The monoisotopic (exact) mass is 295 g/mol. The number of carbonyl (C=O) groups excluding carboxylic acids is 1. The molecule has 2 aromatic rings. The quantitative estimate of drug-likeness (QED) is 0.739. The molecule has 2 rings (SSSR count). The predicted octanol–water partition coefficient (Wildman–Crippen LogP) is 4.93. The molecule has 0 bridgehead atoms. The molecule has 2 heteroatoms. The first-order valence-corrected chi connectivity index (χ1v) is 8.03. The van der Waals surface area contributed by atoms with Crippen LogP contribution in [0.15, 0.2) is 54.6 Å². The number of benzene rings is 2. The number of nitrogens with zero attached hydrogens (tertiary/aromatic N) is 1. The Morgan fingerprint density at radius 1 is 1.09 bits per heavy atom. The van der Waals surface area contributed by atoms with Gasteiger partial charge in [0.15, 0.2) is 0 Å². The highest BCUT2D eigenvalue weighted by molar-refractivity contribution is 5.93. The second-order valence-corrected chi connectivity index (χ2v) is 5.90. The van der Waals surface area contributed by atoms with Crippen LogP contribution >= 0.6 is 0 Å². The fourth-order valence-electron chi connectivity index (χ4n) is 2.69. The van der Waals surface area contributed by atoms with Crippen LogP contribution in [0.3, 0.4) is 0 Å². The lowest BCUT2D eigenvalue weighted by Gasteiger charge is -2.24. The third-order valence-electron chi connectivity index (χ3n) is 3.91. The zero-order valence-corrected chi connectivity index (χ0v) is 13.8. The van der Waals surface area contributed by atoms with Gasteiger partial charge in [-0.05, 0) is 42.5 Å². The minimum absolute atomic E-state index is 0.198. The van der Waals surface area contributed by atoms with Crippen LogP contribution in [0.2, 0.25) is 0 Å². The average molecular weight is 295 g/mol. The number of rotatable bonds is 6. The van der Waals surface area contributed by atoms with Gasteiger partial charge in [0.05, 0.1) is 0 Å². The largest absolute Gasteiger partial charge is 0.312 e. The molecule has 0 aliphatic heterocycles. The normalized spacial score (nSPS) is 12.0. The third kappa shape index (κ3) is 4.20. The molecule has 0 saturated heterocycles. The second-order valence-electron chi connectivity index (χ2n) is 5.90. The van der Waals surface area contributed by atoms with Crippen LogP contribution in [0.25, 0.3) is 0 Å². The molecular weight excluding hydrogens is 270 g/mol. The summed E-state index contributed by atoms with van der Waals surface area (Å²) >= 11 is 0. The van der Waals surface area contributed by atoms with Gasteiger partial charge in [-0.25, -0.2) is 0 Å². The summed E-state index contributed by atoms with van der Waals surface area (Å²) in [6, 6.07) is 18.4. The zero-order chi connectivity index (χ0) is 15.9. The first-order chi connectivity index (χ1) is 10.6. The molecule has 0 aliphatic rings. The average Bonchev–Trinajstić information content (AvgIpc) is 2.53. The Labute approximate surface area is 133 Å². The summed E-state index contributed by atoms with van der Waals surface area (Å²) in [6.07, 6.45) is 1.50. The van der Waals surface area contributed by atoms with E-state index in [0.29, 0.717) is 6.42 Å². The molecule has 116 valence electrons. The highest BCUT2D eigenvalue weighted by Crippen LogP contribution is 2.23. The SMILES string of the molecule is CCCN(C(=O)CC(C)c1ccccc1)c1cccc(C)c1. The summed E-state index contributed by atoms with van der Waals surface area (Å²) in [5, 5.41) is 0. The Morgan fingerprint density at radius 3 is 2.45 bits per heavy atom. The number of hydrogen-bond donors (Lipinski definition) is 0. The van der Waals surface area contributed by atoms with E-state index in [1.807, 2.05) is 35.2 Å². The Morgan fingerprint density at radius 2 is 1.82 bits per heavy atom. The van der Waals surface area contributed by atoms with Crippen molar-refractivity contribution in [2.24, 2.45) is 0 Å². The van der Waals surface area contributed by atoms with Crippen molar-refractivity contribution in [3.8, 4) is 0 Å². The van der Waals surface area contributed by atoms with Gasteiger partial charge in [-0.1, -0.05) is 56.3 Å². The molecule has 0 heterocycles. The zero-order valence-electron chi connectivity index (χ0n) is 13.8. The molecule has 0 saturated carbocycles. The Bertz CT molecular complexity index is 606. The highest BCUT2D eigenvalue weighted by Gasteiger charge is 2.18. The smallest absolute Gasteiger partial charge is 0.227 e. The molecule has 0 spiro atoms. The lowest BCUT2D eigenvalue weighted by molar-refractivity contribution is -0.118. The van der Waals surface area contributed by atoms with Crippen molar-refractivity contribution in [2.75, 3.05) is 11.4 Å². The second kappa shape index (κ2) is 7.79. The summed E-state index contributed by atoms with van der Waals surface area (Å²) in [4.78, 5) is 14.7. The fraction of sp³-hybridized carbons (Fsp3) is 0.350. The van der Waals surface area contributed by atoms with Gasteiger partial charge in [0.25, 0.3) is 0 Å². The van der Waals surface area contributed by atoms with E-state index in [-0.39, 0.29) is 11.8 Å². The number of anilines is 1. The van der Waals surface area contributed by atoms with Gasteiger partial charge in [0.1, 0.15) is 0 Å². The Kier molecular flexibility index (Phi) is 5.76. The van der Waals surface area contributed by atoms with Gasteiger partial charge < -0.3 is 4.90 Å². The highest BCUT2D eigenvalue weighted by atomic mass is 16.2. The Balaban J connectivity index is 2.13. The molecule has 2 aromatic carbocycles. The van der Waals surface area contributed by atoms with Crippen LogP contribution in [0.4, 0.5) is 5.69 Å². The topological polar surface area (TPSA) is 20.3 Å². The minimum atomic E-state index is 0.198. The van der Waals surface area contributed by atoms with Crippen molar-refractivity contribution in [1.29, 1.82) is 0 Å². The van der Waals surface area contributed by atoms with Gasteiger partial charge in [-0.3, -0.25) is 4.79 Å². The van der Waals surface area contributed by atoms with Crippen LogP contribution in [-0.4, -0.2) is 12.5 Å². The van der Waals surface area contributed by atoms with E-state index in [0.717, 1.165) is 18.7 Å². The van der Waals surface area contributed by atoms with Crippen LogP contribution in [0.5, 0.6) is 0 Å². The van der Waals surface area contributed by atoms with Gasteiger partial charge in [0.2, 0.25) is 5.91 Å². The molecule has 0 aliphatic carbocycles. The van der Waals surface area contributed by atoms with Crippen LogP contribution in [0, 0.1) is 6.92 Å². The first-order valence-electron chi connectivity index (χ1n) is 8.03. The molecule has 1 amide bonds. The molecule has 0 fully saturated rings. The lowest BCUT2D eigenvalue weighted by atomic mass is 9.97. The number of carbonyl (C=O) groups is 1. The molecule has 1 unspecified atom stereocenters. The van der Waals surface area contributed by atoms with Gasteiger partial charge in [-0.2, -0.15) is 0 Å². The summed E-state index contributed by atoms with van der Waals surface area (Å²) < 4.78 is 0. The lowest BCUT2D eigenvalue weighted by Crippen LogP contribution is -2.32. The van der Waals surface area contributed by atoms with Crippen LogP contribution < -0.4 is 4.90 Å². The molecule has 1 atom stereocenters. The summed E-state index contributed by atoms with van der Waals surface area (Å²) in [5.41, 5.74) is 3.41. The maximum Gasteiger partial charge on any atom is 0.227 e. The first kappa shape index (κ1) is 16.3. The van der Waals surface area contributed by atoms with E-state index in [4.69, 9.17) is 0 Å². The van der Waals surface area contributed by atoms with Crippen molar-refractivity contribution in [3.05, 3.63) is 65.7 Å². The van der Waals surface area contributed by atoms with E-state index in [1.165, 1.54) is 11.1 Å². The van der Waals surface area contributed by atoms with Crippen molar-refractivity contribution < 1.29 is 4.79 Å². The van der Waals surface area contributed by atoms with Crippen molar-refractivity contribution in [3.63, 3.8) is 0 Å². The Hall–Kier alpha value is -2.09. The number of hydrogen-bond acceptors (Lipinski definition) is 1. The maximum absolute atomic E-state index is 12.8. The standard InChI is InChI=1S/C20H25NO/c1-4-13-21(19-12-8-9-16(2)14-19)20(22)15-17(3)18-10-6-5-7-11-18/h5-12,14,17H,4,13,15H2,1-3H3. The van der Waals surface area contributed by atoms with Crippen molar-refractivity contribution >= 4 is 11.6 Å². The maximum atomic E-state index is 12.8. The van der Waals surface area contributed by atoms with Crippen LogP contribution in [-0.2, 0) is 4.79 Å². The number of aryl methyl sites for hydroxylation is 1. The molecular formula is C20H25NO. The summed E-state index contributed by atoms with van der Waals surface area (Å²) in [6.45, 7) is 7.05. The predicted molar refractivity (Wildman–Crippen MR) is 93.3 cm³/mol.